The molecular formula is C25H30N6O3S. The van der Waals surface area contributed by atoms with Gasteiger partial charge in [0.2, 0.25) is 15.9 Å². The van der Waals surface area contributed by atoms with Crippen molar-refractivity contribution in [2.24, 2.45) is 7.05 Å². The molecule has 0 fully saturated rings. The molecule has 10 heteroatoms. The molecule has 2 aromatic carbocycles. The minimum absolute atomic E-state index is 0.0905. The lowest BCUT2D eigenvalue weighted by molar-refractivity contribution is -0.121. The number of carbonyl (C=O) groups is 1. The maximum atomic E-state index is 12.7. The molecule has 0 aliphatic rings. The molecule has 0 aliphatic carbocycles. The van der Waals surface area contributed by atoms with Crippen LogP contribution in [0.1, 0.15) is 36.5 Å². The Morgan fingerprint density at radius 3 is 2.54 bits per heavy atom. The summed E-state index contributed by atoms with van der Waals surface area (Å²) < 4.78 is 29.8. The number of imidazole rings is 1. The highest BCUT2D eigenvalue weighted by Crippen LogP contribution is 2.23. The zero-order valence-corrected chi connectivity index (χ0v) is 21.4. The molecule has 0 radical (unpaired) electrons. The SMILES string of the molecule is Cc1c(C(C)NC(=O)CCc2nc3cc(S(=O)(=O)N(C)C)ccc3n2C)cnn1-c1ccccc1. The predicted molar refractivity (Wildman–Crippen MR) is 135 cm³/mol. The van der Waals surface area contributed by atoms with E-state index in [0.29, 0.717) is 11.9 Å². The molecule has 9 nitrogen and oxygen atoms in total. The number of aryl methyl sites for hydroxylation is 2. The van der Waals surface area contributed by atoms with Crippen LogP contribution < -0.4 is 5.32 Å². The Morgan fingerprint density at radius 2 is 1.86 bits per heavy atom. The minimum Gasteiger partial charge on any atom is -0.349 e. The second-order valence-corrected chi connectivity index (χ2v) is 10.9. The van der Waals surface area contributed by atoms with Crippen molar-refractivity contribution < 1.29 is 13.2 Å². The first-order valence-electron chi connectivity index (χ1n) is 11.4. The van der Waals surface area contributed by atoms with Gasteiger partial charge < -0.3 is 9.88 Å². The van der Waals surface area contributed by atoms with Gasteiger partial charge in [0, 0.05) is 45.2 Å². The van der Waals surface area contributed by atoms with Crippen molar-refractivity contribution in [2.45, 2.75) is 37.6 Å². The van der Waals surface area contributed by atoms with Crippen LogP contribution in [-0.4, -0.2) is 52.1 Å². The highest BCUT2D eigenvalue weighted by Gasteiger charge is 2.20. The van der Waals surface area contributed by atoms with Crippen molar-refractivity contribution in [2.75, 3.05) is 14.1 Å². The van der Waals surface area contributed by atoms with Gasteiger partial charge in [-0.25, -0.2) is 22.4 Å². The molecule has 4 rings (SSSR count). The molecule has 1 N–H and O–H groups in total. The smallest absolute Gasteiger partial charge is 0.242 e. The van der Waals surface area contributed by atoms with Gasteiger partial charge in [0.25, 0.3) is 0 Å². The Kier molecular flexibility index (Phi) is 6.77. The van der Waals surface area contributed by atoms with E-state index in [0.717, 1.165) is 28.3 Å². The summed E-state index contributed by atoms with van der Waals surface area (Å²) in [5.74, 6) is 0.627. The summed E-state index contributed by atoms with van der Waals surface area (Å²) >= 11 is 0. The van der Waals surface area contributed by atoms with Crippen LogP contribution in [0.4, 0.5) is 0 Å². The van der Waals surface area contributed by atoms with Crippen LogP contribution in [0, 0.1) is 6.92 Å². The van der Waals surface area contributed by atoms with Crippen LogP contribution in [0.5, 0.6) is 0 Å². The van der Waals surface area contributed by atoms with Crippen LogP contribution in [0.25, 0.3) is 16.7 Å². The summed E-state index contributed by atoms with van der Waals surface area (Å²) in [7, 11) is 1.32. The number of para-hydroxylation sites is 1. The van der Waals surface area contributed by atoms with Gasteiger partial charge in [-0.05, 0) is 44.2 Å². The molecule has 2 aromatic heterocycles. The van der Waals surface area contributed by atoms with Crippen molar-refractivity contribution in [1.82, 2.24) is 29.0 Å². The molecule has 0 aliphatic heterocycles. The first-order chi connectivity index (χ1) is 16.6. The van der Waals surface area contributed by atoms with E-state index in [1.54, 1.807) is 24.4 Å². The third kappa shape index (κ3) is 4.85. The molecule has 0 saturated heterocycles. The standard InChI is InChI=1S/C25H30N6O3S/c1-17(21-16-26-31(18(21)2)19-9-7-6-8-10-19)27-25(32)14-13-24-28-22-15-20(35(33,34)29(3)4)11-12-23(22)30(24)5/h6-12,15-17H,13-14H2,1-5H3,(H,27,32). The van der Waals surface area contributed by atoms with E-state index >= 15 is 0 Å². The van der Waals surface area contributed by atoms with Crippen molar-refractivity contribution >= 4 is 27.0 Å². The van der Waals surface area contributed by atoms with Crippen molar-refractivity contribution in [1.29, 1.82) is 0 Å². The van der Waals surface area contributed by atoms with Crippen molar-refractivity contribution in [3.8, 4) is 5.69 Å². The quantitative estimate of drug-likeness (QED) is 0.406. The number of benzene rings is 2. The van der Waals surface area contributed by atoms with E-state index in [-0.39, 0.29) is 23.3 Å². The van der Waals surface area contributed by atoms with E-state index in [1.165, 1.54) is 18.4 Å². The number of rotatable bonds is 8. The fraction of sp³-hybridized carbons (Fsp3) is 0.320. The van der Waals surface area contributed by atoms with E-state index in [9.17, 15) is 13.2 Å². The number of hydrogen-bond acceptors (Lipinski definition) is 5. The third-order valence-electron chi connectivity index (χ3n) is 6.19. The van der Waals surface area contributed by atoms with E-state index in [2.05, 4.69) is 15.4 Å². The lowest BCUT2D eigenvalue weighted by Crippen LogP contribution is -2.27. The Bertz CT molecular complexity index is 1470. The molecule has 0 spiro atoms. The normalized spacial score (nSPS) is 12.9. The molecule has 1 unspecified atom stereocenters. The molecule has 1 amide bonds. The Hall–Kier alpha value is -3.50. The number of nitrogens with one attached hydrogen (secondary N) is 1. The van der Waals surface area contributed by atoms with Gasteiger partial charge in [-0.3, -0.25) is 4.79 Å². The fourth-order valence-corrected chi connectivity index (χ4v) is 5.04. The largest absolute Gasteiger partial charge is 0.349 e. The van der Waals surface area contributed by atoms with Gasteiger partial charge in [-0.15, -0.1) is 0 Å². The Labute approximate surface area is 205 Å². The van der Waals surface area contributed by atoms with Crippen LogP contribution in [0.2, 0.25) is 0 Å². The van der Waals surface area contributed by atoms with E-state index in [1.807, 2.05) is 60.5 Å². The first kappa shape index (κ1) is 24.6. The molecule has 1 atom stereocenters. The van der Waals surface area contributed by atoms with Gasteiger partial charge in [0.15, 0.2) is 0 Å². The molecule has 0 saturated carbocycles. The van der Waals surface area contributed by atoms with Crippen LogP contribution >= 0.6 is 0 Å². The van der Waals surface area contributed by atoms with Gasteiger partial charge in [0.05, 0.1) is 33.9 Å². The lowest BCUT2D eigenvalue weighted by atomic mass is 10.1. The predicted octanol–water partition coefficient (Wildman–Crippen LogP) is 3.13. The Balaban J connectivity index is 1.44. The maximum absolute atomic E-state index is 12.7. The highest BCUT2D eigenvalue weighted by molar-refractivity contribution is 7.89. The number of nitrogens with zero attached hydrogens (tertiary/aromatic N) is 5. The van der Waals surface area contributed by atoms with Gasteiger partial charge >= 0.3 is 0 Å². The second kappa shape index (κ2) is 9.63. The van der Waals surface area contributed by atoms with Crippen LogP contribution in [0.15, 0.2) is 59.6 Å². The maximum Gasteiger partial charge on any atom is 0.242 e. The highest BCUT2D eigenvalue weighted by atomic mass is 32.2. The zero-order valence-electron chi connectivity index (χ0n) is 20.6. The van der Waals surface area contributed by atoms with E-state index in [4.69, 9.17) is 0 Å². The van der Waals surface area contributed by atoms with Gasteiger partial charge in [0.1, 0.15) is 5.82 Å². The minimum atomic E-state index is -3.54. The average Bonchev–Trinajstić information content (AvgIpc) is 3.37. The van der Waals surface area contributed by atoms with Gasteiger partial charge in [-0.2, -0.15) is 5.10 Å². The number of carbonyl (C=O) groups excluding carboxylic acids is 1. The number of fused-ring (bicyclic) bond motifs is 1. The summed E-state index contributed by atoms with van der Waals surface area (Å²) in [6, 6.07) is 14.6. The number of aromatic nitrogens is 4. The topological polar surface area (TPSA) is 102 Å². The van der Waals surface area contributed by atoms with Crippen molar-refractivity contribution in [3.63, 3.8) is 0 Å². The van der Waals surface area contributed by atoms with Crippen molar-refractivity contribution in [3.05, 3.63) is 71.8 Å². The number of sulfonamides is 1. The average molecular weight is 495 g/mol. The molecule has 35 heavy (non-hydrogen) atoms. The van der Waals surface area contributed by atoms with Crippen LogP contribution in [-0.2, 0) is 28.3 Å². The molecule has 2 heterocycles. The second-order valence-electron chi connectivity index (χ2n) is 8.75. The summed E-state index contributed by atoms with van der Waals surface area (Å²) in [4.78, 5) is 17.5. The number of amides is 1. The summed E-state index contributed by atoms with van der Waals surface area (Å²) in [5.41, 5.74) is 4.30. The van der Waals surface area contributed by atoms with Crippen LogP contribution in [0.3, 0.4) is 0 Å². The lowest BCUT2D eigenvalue weighted by Gasteiger charge is -2.14. The first-order valence-corrected chi connectivity index (χ1v) is 12.8. The third-order valence-corrected chi connectivity index (χ3v) is 8.00. The molecular weight excluding hydrogens is 464 g/mol. The summed E-state index contributed by atoms with van der Waals surface area (Å²) in [6.07, 6.45) is 2.48. The fourth-order valence-electron chi connectivity index (χ4n) is 4.12. The number of hydrogen-bond donors (Lipinski definition) is 1. The van der Waals surface area contributed by atoms with E-state index < -0.39 is 10.0 Å². The molecule has 4 aromatic rings. The Morgan fingerprint density at radius 1 is 1.14 bits per heavy atom. The zero-order chi connectivity index (χ0) is 25.3. The monoisotopic (exact) mass is 494 g/mol. The summed E-state index contributed by atoms with van der Waals surface area (Å²) in [5, 5.41) is 7.54. The summed E-state index contributed by atoms with van der Waals surface area (Å²) in [6.45, 7) is 3.93. The molecule has 184 valence electrons. The molecule has 0 bridgehead atoms. The van der Waals surface area contributed by atoms with Gasteiger partial charge in [-0.1, -0.05) is 18.2 Å².